The van der Waals surface area contributed by atoms with Gasteiger partial charge >= 0.3 is 0 Å². The van der Waals surface area contributed by atoms with Crippen molar-refractivity contribution >= 4 is 0 Å². The Morgan fingerprint density at radius 2 is 2.00 bits per heavy atom. The third-order valence-electron chi connectivity index (χ3n) is 3.85. The summed E-state index contributed by atoms with van der Waals surface area (Å²) in [5, 5.41) is 3.37. The summed E-state index contributed by atoms with van der Waals surface area (Å²) in [6, 6.07) is 5.47. The maximum atomic E-state index is 14.0. The van der Waals surface area contributed by atoms with Gasteiger partial charge in [0, 0.05) is 37.8 Å². The van der Waals surface area contributed by atoms with Crippen LogP contribution in [-0.2, 0) is 0 Å². The quantitative estimate of drug-likeness (QED) is 0.897. The molecule has 0 aromatic heterocycles. The van der Waals surface area contributed by atoms with E-state index in [4.69, 9.17) is 4.74 Å². The van der Waals surface area contributed by atoms with Crippen molar-refractivity contribution in [3.63, 3.8) is 0 Å². The molecule has 1 atom stereocenters. The Morgan fingerprint density at radius 3 is 2.60 bits per heavy atom. The lowest BCUT2D eigenvalue weighted by Gasteiger charge is -2.36. The van der Waals surface area contributed by atoms with E-state index in [2.05, 4.69) is 24.1 Å². The van der Waals surface area contributed by atoms with Crippen molar-refractivity contribution in [2.45, 2.75) is 26.3 Å². The summed E-state index contributed by atoms with van der Waals surface area (Å²) in [6.07, 6.45) is 1.01. The van der Waals surface area contributed by atoms with E-state index in [1.165, 1.54) is 6.07 Å². The molecule has 1 aromatic carbocycles. The van der Waals surface area contributed by atoms with Gasteiger partial charge in [-0.05, 0) is 18.4 Å². The third kappa shape index (κ3) is 3.49. The van der Waals surface area contributed by atoms with Crippen LogP contribution in [0.3, 0.4) is 0 Å². The molecular formula is C16H25FN2O. The van der Waals surface area contributed by atoms with Crippen molar-refractivity contribution in [3.8, 4) is 5.75 Å². The molecule has 1 heterocycles. The van der Waals surface area contributed by atoms with E-state index < -0.39 is 0 Å². The molecule has 0 radical (unpaired) electrons. The molecule has 0 unspecified atom stereocenters. The molecule has 0 spiro atoms. The Bertz CT molecular complexity index is 430. The molecule has 1 saturated heterocycles. The molecule has 1 aromatic rings. The fraction of sp³-hybridized carbons (Fsp3) is 0.625. The Balaban J connectivity index is 2.32. The number of piperazine rings is 1. The van der Waals surface area contributed by atoms with Gasteiger partial charge in [0.2, 0.25) is 0 Å². The van der Waals surface area contributed by atoms with E-state index in [1.807, 2.05) is 6.07 Å². The Morgan fingerprint density at radius 1 is 1.30 bits per heavy atom. The second-order valence-corrected chi connectivity index (χ2v) is 5.79. The average molecular weight is 280 g/mol. The van der Waals surface area contributed by atoms with Crippen LogP contribution in [0, 0.1) is 11.7 Å². The number of hydrogen-bond acceptors (Lipinski definition) is 3. The first-order valence-corrected chi connectivity index (χ1v) is 7.40. The smallest absolute Gasteiger partial charge is 0.165 e. The molecular weight excluding hydrogens is 255 g/mol. The summed E-state index contributed by atoms with van der Waals surface area (Å²) in [4.78, 5) is 2.44. The van der Waals surface area contributed by atoms with E-state index >= 15 is 0 Å². The zero-order chi connectivity index (χ0) is 14.5. The first-order valence-electron chi connectivity index (χ1n) is 7.40. The van der Waals surface area contributed by atoms with Gasteiger partial charge in [-0.1, -0.05) is 26.0 Å². The van der Waals surface area contributed by atoms with Crippen LogP contribution in [0.2, 0.25) is 0 Å². The average Bonchev–Trinajstić information content (AvgIpc) is 2.45. The van der Waals surface area contributed by atoms with E-state index in [0.717, 1.165) is 38.2 Å². The van der Waals surface area contributed by atoms with Crippen LogP contribution >= 0.6 is 0 Å². The zero-order valence-electron chi connectivity index (χ0n) is 12.7. The summed E-state index contributed by atoms with van der Waals surface area (Å²) < 4.78 is 19.3. The maximum absolute atomic E-state index is 14.0. The van der Waals surface area contributed by atoms with Crippen molar-refractivity contribution in [1.29, 1.82) is 0 Å². The van der Waals surface area contributed by atoms with E-state index in [0.29, 0.717) is 11.7 Å². The van der Waals surface area contributed by atoms with Crippen LogP contribution in [0.1, 0.15) is 31.9 Å². The lowest BCUT2D eigenvalue weighted by Crippen LogP contribution is -2.45. The van der Waals surface area contributed by atoms with E-state index in [-0.39, 0.29) is 11.9 Å². The monoisotopic (exact) mass is 280 g/mol. The molecule has 1 fully saturated rings. The molecule has 20 heavy (non-hydrogen) atoms. The van der Waals surface area contributed by atoms with Crippen LogP contribution in [-0.4, -0.2) is 38.2 Å². The fourth-order valence-corrected chi connectivity index (χ4v) is 2.92. The van der Waals surface area contributed by atoms with Gasteiger partial charge in [-0.3, -0.25) is 4.90 Å². The number of halogens is 1. The van der Waals surface area contributed by atoms with Gasteiger partial charge in [0.1, 0.15) is 0 Å². The second kappa shape index (κ2) is 7.04. The predicted octanol–water partition coefficient (Wildman–Crippen LogP) is 2.83. The molecule has 0 saturated carbocycles. The molecule has 3 nitrogen and oxygen atoms in total. The van der Waals surface area contributed by atoms with Crippen molar-refractivity contribution in [1.82, 2.24) is 10.2 Å². The highest BCUT2D eigenvalue weighted by atomic mass is 19.1. The van der Waals surface area contributed by atoms with Gasteiger partial charge in [0.05, 0.1) is 7.11 Å². The molecule has 0 bridgehead atoms. The Hall–Kier alpha value is -1.13. The van der Waals surface area contributed by atoms with Gasteiger partial charge in [0.15, 0.2) is 11.6 Å². The number of rotatable bonds is 5. The third-order valence-corrected chi connectivity index (χ3v) is 3.85. The Labute approximate surface area is 121 Å². The Kier molecular flexibility index (Phi) is 5.38. The highest BCUT2D eigenvalue weighted by Crippen LogP contribution is 2.35. The fourth-order valence-electron chi connectivity index (χ4n) is 2.92. The van der Waals surface area contributed by atoms with Gasteiger partial charge in [-0.2, -0.15) is 0 Å². The number of hydrogen-bond donors (Lipinski definition) is 1. The highest BCUT2D eigenvalue weighted by molar-refractivity contribution is 5.37. The summed E-state index contributed by atoms with van der Waals surface area (Å²) in [6.45, 7) is 8.40. The van der Waals surface area contributed by atoms with E-state index in [9.17, 15) is 4.39 Å². The SMILES string of the molecule is COc1c(F)cccc1[C@@H](CC(C)C)N1CCNCC1. The molecule has 0 amide bonds. The minimum Gasteiger partial charge on any atom is -0.493 e. The summed E-state index contributed by atoms with van der Waals surface area (Å²) in [5.74, 6) is 0.688. The molecule has 1 aliphatic heterocycles. The van der Waals surface area contributed by atoms with Crippen LogP contribution in [0.5, 0.6) is 5.75 Å². The van der Waals surface area contributed by atoms with Gasteiger partial charge in [-0.15, -0.1) is 0 Å². The zero-order valence-corrected chi connectivity index (χ0v) is 12.7. The van der Waals surface area contributed by atoms with Gasteiger partial charge < -0.3 is 10.1 Å². The van der Waals surface area contributed by atoms with Crippen LogP contribution in [0.15, 0.2) is 18.2 Å². The van der Waals surface area contributed by atoms with E-state index in [1.54, 1.807) is 13.2 Å². The molecule has 1 aliphatic rings. The maximum Gasteiger partial charge on any atom is 0.165 e. The topological polar surface area (TPSA) is 24.5 Å². The highest BCUT2D eigenvalue weighted by Gasteiger charge is 2.26. The number of para-hydroxylation sites is 1. The normalized spacial score (nSPS) is 18.2. The van der Waals surface area contributed by atoms with Crippen molar-refractivity contribution < 1.29 is 9.13 Å². The summed E-state index contributed by atoms with van der Waals surface area (Å²) >= 11 is 0. The number of ether oxygens (including phenoxy) is 1. The molecule has 1 N–H and O–H groups in total. The van der Waals surface area contributed by atoms with Gasteiger partial charge in [0.25, 0.3) is 0 Å². The second-order valence-electron chi connectivity index (χ2n) is 5.79. The molecule has 0 aliphatic carbocycles. The van der Waals surface area contributed by atoms with Crippen LogP contribution < -0.4 is 10.1 Å². The number of benzene rings is 1. The minimum absolute atomic E-state index is 0.225. The first-order chi connectivity index (χ1) is 9.63. The number of nitrogens with zero attached hydrogens (tertiary/aromatic N) is 1. The molecule has 112 valence electrons. The summed E-state index contributed by atoms with van der Waals surface area (Å²) in [7, 11) is 1.55. The summed E-state index contributed by atoms with van der Waals surface area (Å²) in [5.41, 5.74) is 0.975. The lowest BCUT2D eigenvalue weighted by molar-refractivity contribution is 0.151. The van der Waals surface area contributed by atoms with Crippen molar-refractivity contribution in [2.75, 3.05) is 33.3 Å². The number of methoxy groups -OCH3 is 1. The minimum atomic E-state index is -0.270. The first kappa shape index (κ1) is 15.3. The van der Waals surface area contributed by atoms with Gasteiger partial charge in [-0.25, -0.2) is 4.39 Å². The molecule has 2 rings (SSSR count). The standard InChI is InChI=1S/C16H25FN2O/c1-12(2)11-15(19-9-7-18-8-10-19)13-5-4-6-14(17)16(13)20-3/h4-6,12,15,18H,7-11H2,1-3H3/t15-/m1/s1. The predicted molar refractivity (Wildman–Crippen MR) is 79.6 cm³/mol. The lowest BCUT2D eigenvalue weighted by atomic mass is 9.94. The van der Waals surface area contributed by atoms with Crippen LogP contribution in [0.4, 0.5) is 4.39 Å². The largest absolute Gasteiger partial charge is 0.493 e. The number of nitrogens with one attached hydrogen (secondary N) is 1. The molecule has 4 heteroatoms. The van der Waals surface area contributed by atoms with Crippen LogP contribution in [0.25, 0.3) is 0 Å². The van der Waals surface area contributed by atoms with Crippen molar-refractivity contribution in [3.05, 3.63) is 29.6 Å². The van der Waals surface area contributed by atoms with Crippen molar-refractivity contribution in [2.24, 2.45) is 5.92 Å².